The number of nitrogens with one attached hydrogen (secondary N) is 1. The van der Waals surface area contributed by atoms with Gasteiger partial charge in [0.25, 0.3) is 11.8 Å². The summed E-state index contributed by atoms with van der Waals surface area (Å²) in [5, 5.41) is 0. The van der Waals surface area contributed by atoms with Crippen molar-refractivity contribution >= 4 is 15.9 Å². The Morgan fingerprint density at radius 1 is 1.19 bits per heavy atom. The predicted octanol–water partition coefficient (Wildman–Crippen LogP) is 2.59. The molecule has 6 nitrogen and oxygen atoms in total. The molecular formula is C22H23F3N2O4S. The Morgan fingerprint density at radius 3 is 2.47 bits per heavy atom. The molecular weight excluding hydrogens is 445 g/mol. The third-order valence-electron chi connectivity index (χ3n) is 5.81. The van der Waals surface area contributed by atoms with E-state index >= 15 is 4.39 Å². The average Bonchev–Trinajstić information content (AvgIpc) is 2.92. The van der Waals surface area contributed by atoms with Crippen molar-refractivity contribution in [3.05, 3.63) is 59.9 Å². The van der Waals surface area contributed by atoms with Gasteiger partial charge in [-0.3, -0.25) is 4.79 Å². The zero-order valence-corrected chi connectivity index (χ0v) is 18.1. The molecule has 2 aromatic carbocycles. The van der Waals surface area contributed by atoms with Gasteiger partial charge in [0.1, 0.15) is 18.0 Å². The SMILES string of the molecule is CS(=O)(=O)N[C@@H]1[C@H](Cc2cccc(-c3ccccc3)c2F)N(C(=O)C2CCO2)CC1(F)F. The lowest BCUT2D eigenvalue weighted by Gasteiger charge is -2.33. The number of amides is 1. The van der Waals surface area contributed by atoms with Crippen LogP contribution in [-0.2, 0) is 26.0 Å². The van der Waals surface area contributed by atoms with Gasteiger partial charge < -0.3 is 9.64 Å². The normalized spacial score (nSPS) is 24.9. The van der Waals surface area contributed by atoms with Crippen molar-refractivity contribution in [3.8, 4) is 11.1 Å². The van der Waals surface area contributed by atoms with Crippen LogP contribution in [0.2, 0.25) is 0 Å². The second-order valence-electron chi connectivity index (χ2n) is 8.16. The molecule has 2 aliphatic rings. The summed E-state index contributed by atoms with van der Waals surface area (Å²) >= 11 is 0. The van der Waals surface area contributed by atoms with Crippen molar-refractivity contribution in [1.29, 1.82) is 0 Å². The maximum absolute atomic E-state index is 15.4. The molecule has 172 valence electrons. The highest BCUT2D eigenvalue weighted by atomic mass is 32.2. The number of hydrogen-bond acceptors (Lipinski definition) is 4. The summed E-state index contributed by atoms with van der Waals surface area (Å²) in [6, 6.07) is 10.2. The second-order valence-corrected chi connectivity index (χ2v) is 9.94. The van der Waals surface area contributed by atoms with Crippen molar-refractivity contribution < 1.29 is 31.1 Å². The molecule has 0 spiro atoms. The molecule has 2 heterocycles. The standard InChI is InChI=1S/C22H23F3N2O4S/c1-32(29,30)26-20-17(27(13-22(20,24)25)21(28)18-10-11-31-18)12-15-8-5-9-16(19(15)23)14-6-3-2-4-7-14/h2-9,17-18,20,26H,10-13H2,1H3/t17-,18?,20+/m0/s1. The zero-order chi connectivity index (χ0) is 23.1. The smallest absolute Gasteiger partial charge is 0.283 e. The molecule has 1 N–H and O–H groups in total. The van der Waals surface area contributed by atoms with Gasteiger partial charge in [0.15, 0.2) is 0 Å². The highest BCUT2D eigenvalue weighted by Gasteiger charge is 2.57. The van der Waals surface area contributed by atoms with E-state index in [2.05, 4.69) is 0 Å². The molecule has 2 aliphatic heterocycles. The minimum Gasteiger partial charge on any atom is -0.368 e. The molecule has 1 amide bonds. The molecule has 32 heavy (non-hydrogen) atoms. The fourth-order valence-corrected chi connectivity index (χ4v) is 4.98. The molecule has 2 aromatic rings. The maximum atomic E-state index is 15.4. The van der Waals surface area contributed by atoms with E-state index in [0.29, 0.717) is 24.2 Å². The van der Waals surface area contributed by atoms with E-state index in [-0.39, 0.29) is 12.0 Å². The van der Waals surface area contributed by atoms with E-state index in [9.17, 15) is 22.0 Å². The highest BCUT2D eigenvalue weighted by Crippen LogP contribution is 2.37. The largest absolute Gasteiger partial charge is 0.368 e. The highest BCUT2D eigenvalue weighted by molar-refractivity contribution is 7.88. The number of alkyl halides is 2. The van der Waals surface area contributed by atoms with Crippen LogP contribution in [0, 0.1) is 5.82 Å². The molecule has 0 radical (unpaired) electrons. The predicted molar refractivity (Wildman–Crippen MR) is 112 cm³/mol. The first-order valence-electron chi connectivity index (χ1n) is 10.2. The lowest BCUT2D eigenvalue weighted by atomic mass is 9.95. The van der Waals surface area contributed by atoms with Crippen molar-refractivity contribution in [2.24, 2.45) is 0 Å². The minimum atomic E-state index is -4.02. The molecule has 2 saturated heterocycles. The number of rotatable bonds is 6. The van der Waals surface area contributed by atoms with Crippen LogP contribution in [-0.4, -0.2) is 62.7 Å². The van der Waals surface area contributed by atoms with Gasteiger partial charge >= 0.3 is 0 Å². The number of carbonyl (C=O) groups excluding carboxylic acids is 1. The van der Waals surface area contributed by atoms with Crippen molar-refractivity contribution in [2.75, 3.05) is 19.4 Å². The molecule has 3 atom stereocenters. The van der Waals surface area contributed by atoms with E-state index in [1.54, 1.807) is 42.5 Å². The van der Waals surface area contributed by atoms with Gasteiger partial charge in [-0.1, -0.05) is 48.5 Å². The lowest BCUT2D eigenvalue weighted by molar-refractivity contribution is -0.158. The summed E-state index contributed by atoms with van der Waals surface area (Å²) < 4.78 is 75.9. The number of sulfonamides is 1. The molecule has 10 heteroatoms. The fourth-order valence-electron chi connectivity index (χ4n) is 4.19. The summed E-state index contributed by atoms with van der Waals surface area (Å²) in [6.07, 6.45) is 0.0467. The number of benzene rings is 2. The Labute approximate surface area is 184 Å². The molecule has 0 aliphatic carbocycles. The number of hydrogen-bond donors (Lipinski definition) is 1. The van der Waals surface area contributed by atoms with Gasteiger partial charge in [0.05, 0.1) is 25.4 Å². The van der Waals surface area contributed by atoms with E-state index in [1.165, 1.54) is 6.07 Å². The Hall–Kier alpha value is -2.43. The van der Waals surface area contributed by atoms with Gasteiger partial charge in [-0.25, -0.2) is 26.3 Å². The summed E-state index contributed by atoms with van der Waals surface area (Å²) in [4.78, 5) is 13.7. The van der Waals surface area contributed by atoms with Crippen LogP contribution in [0.15, 0.2) is 48.5 Å². The minimum absolute atomic E-state index is 0.113. The van der Waals surface area contributed by atoms with Crippen LogP contribution in [0.4, 0.5) is 13.2 Å². The monoisotopic (exact) mass is 468 g/mol. The summed E-state index contributed by atoms with van der Waals surface area (Å²) in [5.74, 6) is -4.77. The lowest BCUT2D eigenvalue weighted by Crippen LogP contribution is -2.54. The molecule has 1 unspecified atom stereocenters. The fraction of sp³-hybridized carbons (Fsp3) is 0.409. The summed E-state index contributed by atoms with van der Waals surface area (Å²) in [7, 11) is -4.02. The van der Waals surface area contributed by atoms with Crippen molar-refractivity contribution in [3.63, 3.8) is 0 Å². The average molecular weight is 468 g/mol. The zero-order valence-electron chi connectivity index (χ0n) is 17.3. The Balaban J connectivity index is 1.71. The molecule has 0 bridgehead atoms. The van der Waals surface area contributed by atoms with Crippen LogP contribution in [0.1, 0.15) is 12.0 Å². The third-order valence-corrected chi connectivity index (χ3v) is 6.49. The Bertz CT molecular complexity index is 1110. The van der Waals surface area contributed by atoms with E-state index in [4.69, 9.17) is 4.74 Å². The maximum Gasteiger partial charge on any atom is 0.283 e. The van der Waals surface area contributed by atoms with Crippen LogP contribution in [0.3, 0.4) is 0 Å². The van der Waals surface area contributed by atoms with Gasteiger partial charge in [-0.15, -0.1) is 0 Å². The van der Waals surface area contributed by atoms with Gasteiger partial charge in [0, 0.05) is 12.0 Å². The van der Waals surface area contributed by atoms with Crippen LogP contribution in [0.5, 0.6) is 0 Å². The number of carbonyl (C=O) groups is 1. The molecule has 2 fully saturated rings. The number of halogens is 3. The van der Waals surface area contributed by atoms with E-state index in [1.807, 2.05) is 4.72 Å². The van der Waals surface area contributed by atoms with Crippen LogP contribution < -0.4 is 4.72 Å². The third kappa shape index (κ3) is 4.53. The molecule has 4 rings (SSSR count). The van der Waals surface area contributed by atoms with Crippen molar-refractivity contribution in [1.82, 2.24) is 9.62 Å². The van der Waals surface area contributed by atoms with Gasteiger partial charge in [-0.2, -0.15) is 0 Å². The first kappa shape index (κ1) is 22.8. The topological polar surface area (TPSA) is 75.7 Å². The first-order valence-corrected chi connectivity index (χ1v) is 12.1. The number of ether oxygens (including phenoxy) is 1. The summed E-state index contributed by atoms with van der Waals surface area (Å²) in [6.45, 7) is -0.617. The van der Waals surface area contributed by atoms with Crippen LogP contribution >= 0.6 is 0 Å². The number of likely N-dealkylation sites (tertiary alicyclic amines) is 1. The van der Waals surface area contributed by atoms with Crippen molar-refractivity contribution in [2.45, 2.75) is 37.0 Å². The quantitative estimate of drug-likeness (QED) is 0.707. The first-order chi connectivity index (χ1) is 15.1. The second kappa shape index (κ2) is 8.49. The Kier molecular flexibility index (Phi) is 6.04. The van der Waals surface area contributed by atoms with E-state index in [0.717, 1.165) is 11.2 Å². The summed E-state index contributed by atoms with van der Waals surface area (Å²) in [5.41, 5.74) is 1.02. The Morgan fingerprint density at radius 2 is 1.88 bits per heavy atom. The van der Waals surface area contributed by atoms with Gasteiger partial charge in [-0.05, 0) is 17.5 Å². The van der Waals surface area contributed by atoms with Crippen LogP contribution in [0.25, 0.3) is 11.1 Å². The van der Waals surface area contributed by atoms with Gasteiger partial charge in [0.2, 0.25) is 10.0 Å². The molecule has 0 saturated carbocycles. The van der Waals surface area contributed by atoms with E-state index < -0.39 is 52.4 Å². The molecule has 0 aromatic heterocycles. The number of nitrogens with zero attached hydrogens (tertiary/aromatic N) is 1.